The summed E-state index contributed by atoms with van der Waals surface area (Å²) in [6.45, 7) is 2.30. The van der Waals surface area contributed by atoms with Crippen molar-refractivity contribution in [2.24, 2.45) is 0 Å². The summed E-state index contributed by atoms with van der Waals surface area (Å²) in [5.41, 5.74) is 2.53. The zero-order valence-electron chi connectivity index (χ0n) is 14.0. The smallest absolute Gasteiger partial charge is 0.260 e. The van der Waals surface area contributed by atoms with Gasteiger partial charge in [0.25, 0.3) is 5.91 Å². The highest BCUT2D eigenvalue weighted by Crippen LogP contribution is 2.32. The molecule has 4 nitrogen and oxygen atoms in total. The van der Waals surface area contributed by atoms with Crippen LogP contribution in [0.1, 0.15) is 21.7 Å². The molecule has 2 aromatic carbocycles. The van der Waals surface area contributed by atoms with Gasteiger partial charge in [-0.1, -0.05) is 40.6 Å². The number of benzene rings is 2. The second-order valence-electron chi connectivity index (χ2n) is 5.95. The summed E-state index contributed by atoms with van der Waals surface area (Å²) in [4.78, 5) is 19.4. The maximum atomic E-state index is 13.2. The van der Waals surface area contributed by atoms with E-state index >= 15 is 0 Å². The van der Waals surface area contributed by atoms with Gasteiger partial charge in [-0.05, 0) is 49.4 Å². The molecular formula is C20H15ClN2O2S. The van der Waals surface area contributed by atoms with Gasteiger partial charge in [-0.25, -0.2) is 4.98 Å². The van der Waals surface area contributed by atoms with Gasteiger partial charge in [-0.15, -0.1) is 0 Å². The van der Waals surface area contributed by atoms with Crippen molar-refractivity contribution in [3.63, 3.8) is 0 Å². The van der Waals surface area contributed by atoms with E-state index in [9.17, 15) is 4.79 Å². The fraction of sp³-hybridized carbons (Fsp3) is 0.100. The van der Waals surface area contributed by atoms with Gasteiger partial charge in [-0.2, -0.15) is 0 Å². The summed E-state index contributed by atoms with van der Waals surface area (Å²) in [6, 6.07) is 16.7. The van der Waals surface area contributed by atoms with Crippen molar-refractivity contribution in [3.8, 4) is 0 Å². The first-order valence-corrected chi connectivity index (χ1v) is 9.26. The molecular weight excluding hydrogens is 368 g/mol. The molecule has 6 heteroatoms. The Morgan fingerprint density at radius 3 is 2.73 bits per heavy atom. The number of furan rings is 1. The zero-order chi connectivity index (χ0) is 18.1. The van der Waals surface area contributed by atoms with Gasteiger partial charge in [0.2, 0.25) is 0 Å². The van der Waals surface area contributed by atoms with E-state index in [1.54, 1.807) is 17.2 Å². The summed E-state index contributed by atoms with van der Waals surface area (Å²) in [7, 11) is 0. The number of carbonyl (C=O) groups excluding carboxylic acids is 1. The molecule has 0 N–H and O–H groups in total. The molecule has 4 rings (SSSR count). The monoisotopic (exact) mass is 382 g/mol. The average Bonchev–Trinajstić information content (AvgIpc) is 3.28. The van der Waals surface area contributed by atoms with E-state index in [2.05, 4.69) is 4.98 Å². The van der Waals surface area contributed by atoms with Crippen LogP contribution in [0.15, 0.2) is 65.3 Å². The van der Waals surface area contributed by atoms with Crippen LogP contribution in [0.4, 0.5) is 5.13 Å². The molecule has 0 radical (unpaired) electrons. The molecule has 1 amide bonds. The molecule has 0 fully saturated rings. The fourth-order valence-corrected chi connectivity index (χ4v) is 3.88. The largest absolute Gasteiger partial charge is 0.467 e. The van der Waals surface area contributed by atoms with Crippen LogP contribution in [0.5, 0.6) is 0 Å². The minimum Gasteiger partial charge on any atom is -0.467 e. The maximum absolute atomic E-state index is 13.2. The third-order valence-corrected chi connectivity index (χ3v) is 5.28. The Morgan fingerprint density at radius 2 is 2.00 bits per heavy atom. The van der Waals surface area contributed by atoms with Gasteiger partial charge in [-0.3, -0.25) is 9.69 Å². The predicted molar refractivity (Wildman–Crippen MR) is 105 cm³/mol. The van der Waals surface area contributed by atoms with Crippen LogP contribution in [0.2, 0.25) is 5.02 Å². The van der Waals surface area contributed by atoms with E-state index in [1.165, 1.54) is 11.3 Å². The highest BCUT2D eigenvalue weighted by atomic mass is 35.5. The number of rotatable bonds is 4. The van der Waals surface area contributed by atoms with Crippen molar-refractivity contribution in [1.29, 1.82) is 0 Å². The molecule has 130 valence electrons. The molecule has 2 aromatic heterocycles. The molecule has 0 bridgehead atoms. The molecule has 0 spiro atoms. The van der Waals surface area contributed by atoms with Crippen LogP contribution in [-0.2, 0) is 6.54 Å². The zero-order valence-corrected chi connectivity index (χ0v) is 15.6. The lowest BCUT2D eigenvalue weighted by Gasteiger charge is -2.18. The van der Waals surface area contributed by atoms with E-state index in [-0.39, 0.29) is 5.91 Å². The van der Waals surface area contributed by atoms with Gasteiger partial charge >= 0.3 is 0 Å². The Bertz CT molecular complexity index is 1060. The number of carbonyl (C=O) groups is 1. The topological polar surface area (TPSA) is 46.3 Å². The lowest BCUT2D eigenvalue weighted by Crippen LogP contribution is -2.30. The van der Waals surface area contributed by atoms with Crippen molar-refractivity contribution in [1.82, 2.24) is 4.98 Å². The van der Waals surface area contributed by atoms with Gasteiger partial charge in [0.15, 0.2) is 5.13 Å². The Hall–Kier alpha value is -2.63. The highest BCUT2D eigenvalue weighted by molar-refractivity contribution is 7.22. The number of fused-ring (bicyclic) bond motifs is 1. The lowest BCUT2D eigenvalue weighted by molar-refractivity contribution is 0.0983. The number of halogens is 1. The van der Waals surface area contributed by atoms with Crippen molar-refractivity contribution in [2.45, 2.75) is 13.5 Å². The first-order chi connectivity index (χ1) is 12.6. The molecule has 0 aliphatic carbocycles. The van der Waals surface area contributed by atoms with Crippen LogP contribution < -0.4 is 4.90 Å². The van der Waals surface area contributed by atoms with Gasteiger partial charge in [0.1, 0.15) is 5.76 Å². The number of amides is 1. The van der Waals surface area contributed by atoms with Gasteiger partial charge < -0.3 is 4.42 Å². The third kappa shape index (κ3) is 3.36. The second-order valence-corrected chi connectivity index (χ2v) is 7.39. The third-order valence-electron chi connectivity index (χ3n) is 4.01. The molecule has 2 heterocycles. The van der Waals surface area contributed by atoms with E-state index in [1.807, 2.05) is 55.5 Å². The quantitative estimate of drug-likeness (QED) is 0.455. The predicted octanol–water partition coefficient (Wildman–Crippen LogP) is 5.70. The van der Waals surface area contributed by atoms with Crippen LogP contribution in [0.3, 0.4) is 0 Å². The second kappa shape index (κ2) is 6.94. The molecule has 0 unspecified atom stereocenters. The fourth-order valence-electron chi connectivity index (χ4n) is 2.64. The number of nitrogens with zero attached hydrogens (tertiary/aromatic N) is 2. The van der Waals surface area contributed by atoms with Crippen molar-refractivity contribution >= 4 is 44.2 Å². The standard InChI is InChI=1S/C20H15ClN2O2S/c1-13-4-6-14(7-5-13)19(24)23(12-16-3-2-10-25-16)20-22-17-9-8-15(21)11-18(17)26-20/h2-11H,12H2,1H3. The van der Waals surface area contributed by atoms with E-state index in [4.69, 9.17) is 16.0 Å². The number of anilines is 1. The number of thiazole rings is 1. The van der Waals surface area contributed by atoms with Gasteiger partial charge in [0.05, 0.1) is 23.0 Å². The Balaban J connectivity index is 1.76. The summed E-state index contributed by atoms with van der Waals surface area (Å²) < 4.78 is 6.38. The first-order valence-electron chi connectivity index (χ1n) is 8.07. The molecule has 26 heavy (non-hydrogen) atoms. The number of hydrogen-bond donors (Lipinski definition) is 0. The van der Waals surface area contributed by atoms with Gasteiger partial charge in [0, 0.05) is 10.6 Å². The van der Waals surface area contributed by atoms with Crippen molar-refractivity contribution in [2.75, 3.05) is 4.90 Å². The minimum atomic E-state index is -0.119. The Morgan fingerprint density at radius 1 is 1.19 bits per heavy atom. The highest BCUT2D eigenvalue weighted by Gasteiger charge is 2.22. The summed E-state index contributed by atoms with van der Waals surface area (Å²) >= 11 is 7.51. The molecule has 0 aliphatic rings. The normalized spacial score (nSPS) is 11.0. The van der Waals surface area contributed by atoms with Crippen LogP contribution in [0, 0.1) is 6.92 Å². The molecule has 0 aliphatic heterocycles. The number of hydrogen-bond acceptors (Lipinski definition) is 4. The van der Waals surface area contributed by atoms with E-state index < -0.39 is 0 Å². The molecule has 4 aromatic rings. The molecule has 0 saturated carbocycles. The Kier molecular flexibility index (Phi) is 4.49. The molecule has 0 atom stereocenters. The van der Waals surface area contributed by atoms with Crippen molar-refractivity contribution in [3.05, 3.63) is 82.8 Å². The summed E-state index contributed by atoms with van der Waals surface area (Å²) in [5, 5.41) is 1.26. The van der Waals surface area contributed by atoms with Crippen molar-refractivity contribution < 1.29 is 9.21 Å². The maximum Gasteiger partial charge on any atom is 0.260 e. The van der Waals surface area contributed by atoms with Crippen LogP contribution >= 0.6 is 22.9 Å². The van der Waals surface area contributed by atoms with E-state index in [0.29, 0.717) is 28.0 Å². The minimum absolute atomic E-state index is 0.119. The van der Waals surface area contributed by atoms with Crippen LogP contribution in [-0.4, -0.2) is 10.9 Å². The average molecular weight is 383 g/mol. The summed E-state index contributed by atoms with van der Waals surface area (Å²) in [5.74, 6) is 0.578. The summed E-state index contributed by atoms with van der Waals surface area (Å²) in [6.07, 6.45) is 1.60. The SMILES string of the molecule is Cc1ccc(C(=O)N(Cc2ccco2)c2nc3ccc(Cl)cc3s2)cc1. The van der Waals surface area contributed by atoms with Crippen LogP contribution in [0.25, 0.3) is 10.2 Å². The van der Waals surface area contributed by atoms with E-state index in [0.717, 1.165) is 15.8 Å². The Labute approximate surface area is 159 Å². The number of aromatic nitrogens is 1. The molecule has 0 saturated heterocycles. The lowest BCUT2D eigenvalue weighted by atomic mass is 10.1. The number of aryl methyl sites for hydroxylation is 1. The first kappa shape index (κ1) is 16.8.